The molecule has 0 bridgehead atoms. The third-order valence-corrected chi connectivity index (χ3v) is 6.75. The number of esters is 1. The van der Waals surface area contributed by atoms with E-state index in [0.717, 1.165) is 0 Å². The Bertz CT molecular complexity index is 576. The molecule has 0 spiro atoms. The molecular weight excluding hydrogens is 440 g/mol. The van der Waals surface area contributed by atoms with Crippen molar-refractivity contribution in [3.8, 4) is 0 Å². The molecular formula is C20H38N4O5S2. The van der Waals surface area contributed by atoms with Crippen molar-refractivity contribution in [2.75, 3.05) is 59.9 Å². The summed E-state index contributed by atoms with van der Waals surface area (Å²) in [5, 5.41) is 5.53. The molecule has 0 fully saturated rings. The highest BCUT2D eigenvalue weighted by molar-refractivity contribution is 8.76. The van der Waals surface area contributed by atoms with Gasteiger partial charge in [-0.1, -0.05) is 21.6 Å². The van der Waals surface area contributed by atoms with Gasteiger partial charge in [-0.15, -0.1) is 0 Å². The van der Waals surface area contributed by atoms with E-state index in [-0.39, 0.29) is 17.6 Å². The van der Waals surface area contributed by atoms with Crippen molar-refractivity contribution in [3.63, 3.8) is 0 Å². The molecule has 11 heteroatoms. The lowest BCUT2D eigenvalue weighted by atomic mass is 10.1. The Morgan fingerprint density at radius 2 is 1.23 bits per heavy atom. The summed E-state index contributed by atoms with van der Waals surface area (Å²) in [6, 6.07) is -1.16. The van der Waals surface area contributed by atoms with E-state index in [1.165, 1.54) is 14.0 Å². The summed E-state index contributed by atoms with van der Waals surface area (Å²) in [5.74, 6) is 0.489. The minimum Gasteiger partial charge on any atom is -0.467 e. The molecule has 0 aromatic carbocycles. The van der Waals surface area contributed by atoms with E-state index < -0.39 is 18.1 Å². The first kappa shape index (κ1) is 29.7. The molecule has 0 unspecified atom stereocenters. The molecule has 0 saturated heterocycles. The molecule has 0 saturated carbocycles. The molecule has 0 heterocycles. The molecule has 2 atom stereocenters. The topological polar surface area (TPSA) is 108 Å². The summed E-state index contributed by atoms with van der Waals surface area (Å²) < 4.78 is 4.79. The second kappa shape index (κ2) is 17.3. The van der Waals surface area contributed by atoms with Crippen molar-refractivity contribution >= 4 is 45.2 Å². The molecule has 0 aliphatic rings. The summed E-state index contributed by atoms with van der Waals surface area (Å²) in [7, 11) is 12.0. The Balaban J connectivity index is 4.27. The van der Waals surface area contributed by atoms with Crippen LogP contribution in [0.25, 0.3) is 0 Å². The molecule has 2 N–H and O–H groups in total. The number of nitrogens with one attached hydrogen (secondary N) is 2. The zero-order chi connectivity index (χ0) is 23.8. The van der Waals surface area contributed by atoms with Crippen molar-refractivity contribution < 1.29 is 23.9 Å². The number of nitrogens with zero attached hydrogens (tertiary/aromatic N) is 2. The maximum absolute atomic E-state index is 12.0. The molecule has 0 aromatic rings. The summed E-state index contributed by atoms with van der Waals surface area (Å²) in [5.41, 5.74) is 0. The van der Waals surface area contributed by atoms with Crippen molar-refractivity contribution in [2.24, 2.45) is 0 Å². The number of Topliss-reactive ketones (excluding diaryl/α,β-unsaturated/α-hetero) is 1. The summed E-state index contributed by atoms with van der Waals surface area (Å²) >= 11 is 0. The molecule has 0 aliphatic carbocycles. The van der Waals surface area contributed by atoms with E-state index in [1.807, 2.05) is 38.0 Å². The molecule has 31 heavy (non-hydrogen) atoms. The fourth-order valence-corrected chi connectivity index (χ4v) is 4.59. The maximum Gasteiger partial charge on any atom is 0.328 e. The Labute approximate surface area is 194 Å². The quantitative estimate of drug-likeness (QED) is 0.178. The predicted octanol–water partition coefficient (Wildman–Crippen LogP) is 0.783. The van der Waals surface area contributed by atoms with Crippen molar-refractivity contribution in [3.05, 3.63) is 0 Å². The highest BCUT2D eigenvalue weighted by Gasteiger charge is 2.21. The maximum atomic E-state index is 12.0. The number of hydrogen-bond donors (Lipinski definition) is 2. The van der Waals surface area contributed by atoms with Crippen LogP contribution in [-0.4, -0.2) is 105 Å². The summed E-state index contributed by atoms with van der Waals surface area (Å²) in [6.07, 6.45) is 1.67. The Hall–Kier alpha value is -1.30. The second-order valence-electron chi connectivity index (χ2n) is 7.70. The molecule has 0 radical (unpaired) electrons. The van der Waals surface area contributed by atoms with Crippen LogP contribution in [0.3, 0.4) is 0 Å². The minimum absolute atomic E-state index is 0.0602. The third kappa shape index (κ3) is 16.1. The smallest absolute Gasteiger partial charge is 0.328 e. The van der Waals surface area contributed by atoms with Gasteiger partial charge in [-0.25, -0.2) is 4.79 Å². The van der Waals surface area contributed by atoms with Crippen LogP contribution in [0.4, 0.5) is 0 Å². The number of ether oxygens (including phenoxy) is 1. The standard InChI is InChI=1S/C20H38N4O5S2/c1-15(25)16(21-18(26)7-11-23(2)3)9-13-30-31-14-10-17(20(28)29-6)22-19(27)8-12-24(4)5/h16-17H,7-14H2,1-6H3,(H,21,26)(H,22,27)/t16-,17+/m1/s1. The van der Waals surface area contributed by atoms with Crippen LogP contribution in [-0.2, 0) is 23.9 Å². The van der Waals surface area contributed by atoms with Gasteiger partial charge in [0.05, 0.1) is 13.2 Å². The molecule has 0 aliphatic heterocycles. The van der Waals surface area contributed by atoms with Crippen LogP contribution in [0.5, 0.6) is 0 Å². The van der Waals surface area contributed by atoms with Gasteiger partial charge in [0.25, 0.3) is 0 Å². The average Bonchev–Trinajstić information content (AvgIpc) is 2.70. The number of amides is 2. The molecule has 180 valence electrons. The van der Waals surface area contributed by atoms with Crippen LogP contribution >= 0.6 is 21.6 Å². The Morgan fingerprint density at radius 1 is 0.806 bits per heavy atom. The number of hydrogen-bond acceptors (Lipinski definition) is 9. The van der Waals surface area contributed by atoms with E-state index in [4.69, 9.17) is 4.74 Å². The summed E-state index contributed by atoms with van der Waals surface area (Å²) in [4.78, 5) is 51.5. The first-order chi connectivity index (χ1) is 14.6. The predicted molar refractivity (Wildman–Crippen MR) is 127 cm³/mol. The van der Waals surface area contributed by atoms with Crippen LogP contribution in [0.2, 0.25) is 0 Å². The first-order valence-corrected chi connectivity index (χ1v) is 12.8. The lowest BCUT2D eigenvalue weighted by Gasteiger charge is -2.18. The van der Waals surface area contributed by atoms with Gasteiger partial charge < -0.3 is 25.2 Å². The normalized spacial score (nSPS) is 13.0. The van der Waals surface area contributed by atoms with E-state index in [0.29, 0.717) is 50.3 Å². The first-order valence-electron chi connectivity index (χ1n) is 10.3. The molecule has 9 nitrogen and oxygen atoms in total. The fourth-order valence-electron chi connectivity index (χ4n) is 2.40. The zero-order valence-electron chi connectivity index (χ0n) is 19.6. The van der Waals surface area contributed by atoms with E-state index in [9.17, 15) is 19.2 Å². The van der Waals surface area contributed by atoms with Crippen LogP contribution in [0.1, 0.15) is 32.6 Å². The van der Waals surface area contributed by atoms with Gasteiger partial charge in [-0.3, -0.25) is 14.4 Å². The van der Waals surface area contributed by atoms with Gasteiger partial charge in [-0.2, -0.15) is 0 Å². The van der Waals surface area contributed by atoms with Crippen LogP contribution in [0.15, 0.2) is 0 Å². The fraction of sp³-hybridized carbons (Fsp3) is 0.800. The van der Waals surface area contributed by atoms with Gasteiger partial charge in [0.1, 0.15) is 6.04 Å². The SMILES string of the molecule is COC(=O)[C@H](CCSSCC[C@@H](NC(=O)CCN(C)C)C(C)=O)NC(=O)CCN(C)C. The third-order valence-electron chi connectivity index (χ3n) is 4.28. The van der Waals surface area contributed by atoms with Crippen LogP contribution in [0, 0.1) is 0 Å². The number of rotatable bonds is 17. The molecule has 0 aromatic heterocycles. The number of carbonyl (C=O) groups is 4. The van der Waals surface area contributed by atoms with Gasteiger partial charge in [-0.05, 0) is 48.0 Å². The number of methoxy groups -OCH3 is 1. The van der Waals surface area contributed by atoms with Gasteiger partial charge in [0, 0.05) is 37.4 Å². The van der Waals surface area contributed by atoms with Gasteiger partial charge >= 0.3 is 5.97 Å². The van der Waals surface area contributed by atoms with Crippen LogP contribution < -0.4 is 10.6 Å². The van der Waals surface area contributed by atoms with Gasteiger partial charge in [0.2, 0.25) is 11.8 Å². The Morgan fingerprint density at radius 3 is 1.61 bits per heavy atom. The molecule has 2 amide bonds. The number of ketones is 1. The zero-order valence-corrected chi connectivity index (χ0v) is 21.2. The highest BCUT2D eigenvalue weighted by Crippen LogP contribution is 2.24. The summed E-state index contributed by atoms with van der Waals surface area (Å²) in [6.45, 7) is 2.72. The second-order valence-corrected chi connectivity index (χ2v) is 10.4. The van der Waals surface area contributed by atoms with E-state index in [2.05, 4.69) is 10.6 Å². The van der Waals surface area contributed by atoms with Crippen molar-refractivity contribution in [1.29, 1.82) is 0 Å². The lowest BCUT2D eigenvalue weighted by molar-refractivity contribution is -0.145. The van der Waals surface area contributed by atoms with Crippen molar-refractivity contribution in [2.45, 2.75) is 44.7 Å². The monoisotopic (exact) mass is 478 g/mol. The number of carbonyl (C=O) groups excluding carboxylic acids is 4. The lowest BCUT2D eigenvalue weighted by Crippen LogP contribution is -2.42. The van der Waals surface area contributed by atoms with E-state index in [1.54, 1.807) is 21.6 Å². The molecule has 0 rings (SSSR count). The average molecular weight is 479 g/mol. The van der Waals surface area contributed by atoms with Crippen molar-refractivity contribution in [1.82, 2.24) is 20.4 Å². The highest BCUT2D eigenvalue weighted by atomic mass is 33.1. The van der Waals surface area contributed by atoms with Gasteiger partial charge in [0.15, 0.2) is 5.78 Å². The minimum atomic E-state index is -0.672. The van der Waals surface area contributed by atoms with E-state index >= 15 is 0 Å². The Kier molecular flexibility index (Phi) is 16.6. The largest absolute Gasteiger partial charge is 0.467 e.